The third-order valence-electron chi connectivity index (χ3n) is 4.10. The normalized spacial score (nSPS) is 11.4. The first-order valence-electron chi connectivity index (χ1n) is 7.58. The van der Waals surface area contributed by atoms with Crippen molar-refractivity contribution < 1.29 is 9.13 Å². The summed E-state index contributed by atoms with van der Waals surface area (Å²) < 4.78 is 20.3. The minimum Gasteiger partial charge on any atom is -0.495 e. The van der Waals surface area contributed by atoms with Gasteiger partial charge < -0.3 is 9.72 Å². The van der Waals surface area contributed by atoms with Crippen LogP contribution in [0.4, 0.5) is 4.39 Å². The van der Waals surface area contributed by atoms with Gasteiger partial charge in [0.05, 0.1) is 17.6 Å². The Kier molecular flexibility index (Phi) is 4.07. The monoisotopic (exact) mass is 331 g/mol. The fourth-order valence-corrected chi connectivity index (χ4v) is 3.24. The molecule has 0 aliphatic rings. The molecule has 1 heterocycles. The molecule has 2 aromatic carbocycles. The third kappa shape index (κ3) is 2.59. The third-order valence-corrected chi connectivity index (χ3v) is 4.40. The highest BCUT2D eigenvalue weighted by molar-refractivity contribution is 6.32. The number of para-hydroxylation sites is 1. The lowest BCUT2D eigenvalue weighted by Crippen LogP contribution is -1.97. The number of hydrogen-bond acceptors (Lipinski definition) is 1. The number of halogens is 2. The predicted octanol–water partition coefficient (Wildman–Crippen LogP) is 6.07. The summed E-state index contributed by atoms with van der Waals surface area (Å²) in [5.74, 6) is 0.496. The van der Waals surface area contributed by atoms with E-state index in [-0.39, 0.29) is 11.7 Å². The lowest BCUT2D eigenvalue weighted by molar-refractivity contribution is 0.416. The Bertz CT molecular complexity index is 883. The molecule has 1 N–H and O–H groups in total. The van der Waals surface area contributed by atoms with Crippen molar-refractivity contribution >= 4 is 22.5 Å². The number of methoxy groups -OCH3 is 1. The lowest BCUT2D eigenvalue weighted by Gasteiger charge is -2.15. The molecule has 4 heteroatoms. The second-order valence-corrected chi connectivity index (χ2v) is 6.45. The van der Waals surface area contributed by atoms with Crippen LogP contribution in [0.5, 0.6) is 5.75 Å². The molecule has 3 rings (SSSR count). The highest BCUT2D eigenvalue weighted by Gasteiger charge is 2.19. The number of fused-ring (bicyclic) bond motifs is 1. The van der Waals surface area contributed by atoms with Crippen LogP contribution >= 0.6 is 11.6 Å². The number of rotatable bonds is 3. The van der Waals surface area contributed by atoms with Crippen LogP contribution in [0, 0.1) is 12.7 Å². The molecule has 0 radical (unpaired) electrons. The van der Waals surface area contributed by atoms with Crippen molar-refractivity contribution in [1.29, 1.82) is 0 Å². The predicted molar refractivity (Wildman–Crippen MR) is 94.1 cm³/mol. The summed E-state index contributed by atoms with van der Waals surface area (Å²) >= 11 is 6.26. The minimum atomic E-state index is -0.187. The maximum Gasteiger partial charge on any atom is 0.150 e. The van der Waals surface area contributed by atoms with Crippen molar-refractivity contribution in [3.05, 3.63) is 52.4 Å². The quantitative estimate of drug-likeness (QED) is 0.619. The molecular weight excluding hydrogens is 313 g/mol. The van der Waals surface area contributed by atoms with E-state index < -0.39 is 0 Å². The summed E-state index contributed by atoms with van der Waals surface area (Å²) in [4.78, 5) is 3.14. The number of aromatic amines is 1. The molecule has 2 nitrogen and oxygen atoms in total. The van der Waals surface area contributed by atoms with Crippen LogP contribution in [-0.4, -0.2) is 12.1 Å². The lowest BCUT2D eigenvalue weighted by atomic mass is 9.93. The SMILES string of the molecule is COc1c(Cl)cccc1-c1cc(C(C)C)c(F)c2[nH]c(C)cc12. The maximum atomic E-state index is 14.8. The molecule has 0 aliphatic heterocycles. The highest BCUT2D eigenvalue weighted by atomic mass is 35.5. The van der Waals surface area contributed by atoms with Gasteiger partial charge in [0.25, 0.3) is 0 Å². The highest BCUT2D eigenvalue weighted by Crippen LogP contribution is 2.41. The van der Waals surface area contributed by atoms with Crippen molar-refractivity contribution in [3.8, 4) is 16.9 Å². The molecule has 0 aliphatic carbocycles. The van der Waals surface area contributed by atoms with Gasteiger partial charge in [0.1, 0.15) is 5.75 Å². The van der Waals surface area contributed by atoms with Gasteiger partial charge in [-0.2, -0.15) is 0 Å². The summed E-state index contributed by atoms with van der Waals surface area (Å²) in [5, 5.41) is 1.38. The van der Waals surface area contributed by atoms with Gasteiger partial charge in [-0.1, -0.05) is 37.6 Å². The number of aromatic nitrogens is 1. The van der Waals surface area contributed by atoms with E-state index in [0.29, 0.717) is 21.9 Å². The van der Waals surface area contributed by atoms with E-state index in [0.717, 1.165) is 22.2 Å². The van der Waals surface area contributed by atoms with Crippen LogP contribution < -0.4 is 4.74 Å². The van der Waals surface area contributed by atoms with Crippen molar-refractivity contribution in [3.63, 3.8) is 0 Å². The van der Waals surface area contributed by atoms with Crippen LogP contribution in [0.2, 0.25) is 5.02 Å². The molecule has 1 aromatic heterocycles. The Hall–Kier alpha value is -2.00. The number of ether oxygens (including phenoxy) is 1. The van der Waals surface area contributed by atoms with E-state index >= 15 is 0 Å². The van der Waals surface area contributed by atoms with Crippen molar-refractivity contribution in [2.75, 3.05) is 7.11 Å². The molecule has 0 amide bonds. The van der Waals surface area contributed by atoms with Gasteiger partial charge in [-0.05, 0) is 42.2 Å². The van der Waals surface area contributed by atoms with Crippen LogP contribution in [0.25, 0.3) is 22.0 Å². The molecule has 23 heavy (non-hydrogen) atoms. The summed E-state index contributed by atoms with van der Waals surface area (Å²) in [6, 6.07) is 9.48. The van der Waals surface area contributed by atoms with Gasteiger partial charge in [-0.25, -0.2) is 4.39 Å². The van der Waals surface area contributed by atoms with Crippen molar-refractivity contribution in [2.45, 2.75) is 26.7 Å². The largest absolute Gasteiger partial charge is 0.495 e. The number of H-pyrrole nitrogens is 1. The zero-order valence-electron chi connectivity index (χ0n) is 13.6. The Morgan fingerprint density at radius 1 is 1.17 bits per heavy atom. The Morgan fingerprint density at radius 3 is 2.57 bits per heavy atom. The molecule has 0 unspecified atom stereocenters. The Morgan fingerprint density at radius 2 is 1.91 bits per heavy atom. The first-order valence-corrected chi connectivity index (χ1v) is 7.96. The average Bonchev–Trinajstić information content (AvgIpc) is 2.89. The molecule has 0 saturated heterocycles. The van der Waals surface area contributed by atoms with E-state index in [1.807, 2.05) is 45.0 Å². The van der Waals surface area contributed by atoms with Crippen LogP contribution in [0.1, 0.15) is 31.0 Å². The fourth-order valence-electron chi connectivity index (χ4n) is 2.99. The maximum absolute atomic E-state index is 14.8. The van der Waals surface area contributed by atoms with Gasteiger partial charge in [0.15, 0.2) is 5.82 Å². The zero-order chi connectivity index (χ0) is 16.7. The van der Waals surface area contributed by atoms with E-state index in [1.165, 1.54) is 0 Å². The van der Waals surface area contributed by atoms with Gasteiger partial charge in [-0.15, -0.1) is 0 Å². The molecule has 3 aromatic rings. The van der Waals surface area contributed by atoms with Crippen LogP contribution in [-0.2, 0) is 0 Å². The zero-order valence-corrected chi connectivity index (χ0v) is 14.4. The molecule has 120 valence electrons. The average molecular weight is 332 g/mol. The van der Waals surface area contributed by atoms with E-state index in [1.54, 1.807) is 13.2 Å². The molecule has 0 fully saturated rings. The standard InChI is InChI=1S/C19H19ClFNO/c1-10(2)13-9-14(12-6-5-7-16(20)19(12)23-4)15-8-11(3)22-18(15)17(13)21/h5-10,22H,1-4H3. The fraction of sp³-hybridized carbons (Fsp3) is 0.263. The minimum absolute atomic E-state index is 0.0759. The van der Waals surface area contributed by atoms with E-state index in [2.05, 4.69) is 4.98 Å². The molecule has 0 saturated carbocycles. The number of benzene rings is 2. The van der Waals surface area contributed by atoms with Crippen LogP contribution in [0.3, 0.4) is 0 Å². The first kappa shape index (κ1) is 15.9. The molecular formula is C19H19ClFNO. The first-order chi connectivity index (χ1) is 10.9. The van der Waals surface area contributed by atoms with Crippen molar-refractivity contribution in [2.24, 2.45) is 0 Å². The van der Waals surface area contributed by atoms with E-state index in [9.17, 15) is 4.39 Å². The number of aryl methyl sites for hydroxylation is 1. The smallest absolute Gasteiger partial charge is 0.150 e. The second-order valence-electron chi connectivity index (χ2n) is 6.04. The van der Waals surface area contributed by atoms with Gasteiger partial charge in [0.2, 0.25) is 0 Å². The van der Waals surface area contributed by atoms with Gasteiger partial charge in [-0.3, -0.25) is 0 Å². The summed E-state index contributed by atoms with van der Waals surface area (Å²) in [6.07, 6.45) is 0. The summed E-state index contributed by atoms with van der Waals surface area (Å²) in [7, 11) is 1.59. The van der Waals surface area contributed by atoms with E-state index in [4.69, 9.17) is 16.3 Å². The Balaban J connectivity index is 2.42. The topological polar surface area (TPSA) is 25.0 Å². The van der Waals surface area contributed by atoms with Gasteiger partial charge >= 0.3 is 0 Å². The molecule has 0 bridgehead atoms. The summed E-state index contributed by atoms with van der Waals surface area (Å²) in [5.41, 5.74) is 3.92. The van der Waals surface area contributed by atoms with Crippen LogP contribution in [0.15, 0.2) is 30.3 Å². The van der Waals surface area contributed by atoms with Gasteiger partial charge in [0, 0.05) is 16.6 Å². The molecule has 0 atom stereocenters. The number of nitrogens with one attached hydrogen (secondary N) is 1. The summed E-state index contributed by atoms with van der Waals surface area (Å²) in [6.45, 7) is 5.89. The van der Waals surface area contributed by atoms with Crippen molar-refractivity contribution in [1.82, 2.24) is 4.98 Å². The molecule has 0 spiro atoms. The number of hydrogen-bond donors (Lipinski definition) is 1. The Labute approximate surface area is 140 Å². The second kappa shape index (κ2) is 5.89.